The van der Waals surface area contributed by atoms with Crippen LogP contribution in [0.25, 0.3) is 0 Å². The van der Waals surface area contributed by atoms with Crippen LogP contribution >= 0.6 is 11.6 Å². The molecule has 4 heteroatoms. The van der Waals surface area contributed by atoms with Gasteiger partial charge < -0.3 is 9.64 Å². The van der Waals surface area contributed by atoms with E-state index < -0.39 is 0 Å². The number of rotatable bonds is 6. The number of anilines is 1. The Balaban J connectivity index is 2.80. The van der Waals surface area contributed by atoms with Gasteiger partial charge in [0.15, 0.2) is 0 Å². The molecule has 0 atom stereocenters. The molecule has 0 amide bonds. The minimum Gasteiger partial charge on any atom is -0.383 e. The third-order valence-corrected chi connectivity index (χ3v) is 2.60. The Hall–Kier alpha value is -0.800. The first-order valence-corrected chi connectivity index (χ1v) is 5.59. The maximum atomic E-state index is 5.87. The van der Waals surface area contributed by atoms with Crippen molar-refractivity contribution in [2.24, 2.45) is 0 Å². The second-order valence-corrected chi connectivity index (χ2v) is 3.48. The summed E-state index contributed by atoms with van der Waals surface area (Å²) in [5, 5.41) is 0. The van der Waals surface area contributed by atoms with Crippen molar-refractivity contribution in [3.05, 3.63) is 24.0 Å². The van der Waals surface area contributed by atoms with Gasteiger partial charge in [-0.05, 0) is 13.0 Å². The lowest BCUT2D eigenvalue weighted by atomic mass is 10.2. The first-order chi connectivity index (χ1) is 7.33. The molecule has 1 heterocycles. The number of aromatic nitrogens is 1. The van der Waals surface area contributed by atoms with E-state index in [9.17, 15) is 0 Å². The van der Waals surface area contributed by atoms with Crippen molar-refractivity contribution in [2.45, 2.75) is 12.8 Å². The van der Waals surface area contributed by atoms with E-state index in [2.05, 4.69) is 16.8 Å². The summed E-state index contributed by atoms with van der Waals surface area (Å²) >= 11 is 5.87. The van der Waals surface area contributed by atoms with Gasteiger partial charge in [0.2, 0.25) is 0 Å². The summed E-state index contributed by atoms with van der Waals surface area (Å²) in [6, 6.07) is 2.00. The molecule has 1 rings (SSSR count). The SMILES string of the molecule is CCN(CCOC)c1ccncc1CCl. The normalized spacial score (nSPS) is 10.3. The Morgan fingerprint density at radius 2 is 2.33 bits per heavy atom. The van der Waals surface area contributed by atoms with Crippen LogP contribution in [0.1, 0.15) is 12.5 Å². The fraction of sp³-hybridized carbons (Fsp3) is 0.545. The first kappa shape index (κ1) is 12.3. The Labute approximate surface area is 96.0 Å². The minimum absolute atomic E-state index is 0.493. The Morgan fingerprint density at radius 1 is 1.53 bits per heavy atom. The molecule has 0 saturated heterocycles. The third kappa shape index (κ3) is 3.36. The minimum atomic E-state index is 0.493. The standard InChI is InChI=1S/C11H17ClN2O/c1-3-14(6-7-15-2)11-4-5-13-9-10(11)8-12/h4-5,9H,3,6-8H2,1-2H3. The highest BCUT2D eigenvalue weighted by molar-refractivity contribution is 6.17. The first-order valence-electron chi connectivity index (χ1n) is 5.06. The number of alkyl halides is 1. The lowest BCUT2D eigenvalue weighted by molar-refractivity contribution is 0.205. The van der Waals surface area contributed by atoms with Gasteiger partial charge in [0.25, 0.3) is 0 Å². The van der Waals surface area contributed by atoms with Crippen LogP contribution in [0.4, 0.5) is 5.69 Å². The maximum Gasteiger partial charge on any atom is 0.0637 e. The van der Waals surface area contributed by atoms with Crippen LogP contribution in [-0.4, -0.2) is 31.8 Å². The van der Waals surface area contributed by atoms with Crippen LogP contribution < -0.4 is 4.90 Å². The van der Waals surface area contributed by atoms with Gasteiger partial charge in [-0.25, -0.2) is 0 Å². The van der Waals surface area contributed by atoms with Crippen molar-refractivity contribution in [1.29, 1.82) is 0 Å². The number of methoxy groups -OCH3 is 1. The van der Waals surface area contributed by atoms with Gasteiger partial charge in [-0.3, -0.25) is 4.98 Å². The number of hydrogen-bond acceptors (Lipinski definition) is 3. The van der Waals surface area contributed by atoms with E-state index in [1.807, 2.05) is 12.3 Å². The second kappa shape index (κ2) is 6.64. The Bertz CT molecular complexity index is 294. The van der Waals surface area contributed by atoms with Crippen LogP contribution in [-0.2, 0) is 10.6 Å². The molecule has 3 nitrogen and oxygen atoms in total. The van der Waals surface area contributed by atoms with E-state index in [1.165, 1.54) is 0 Å². The summed E-state index contributed by atoms with van der Waals surface area (Å²) < 4.78 is 5.08. The number of halogens is 1. The summed E-state index contributed by atoms with van der Waals surface area (Å²) in [7, 11) is 1.71. The molecule has 0 N–H and O–H groups in total. The molecule has 0 bridgehead atoms. The quantitative estimate of drug-likeness (QED) is 0.699. The van der Waals surface area contributed by atoms with Gasteiger partial charge >= 0.3 is 0 Å². The average molecular weight is 229 g/mol. The zero-order valence-electron chi connectivity index (χ0n) is 9.24. The van der Waals surface area contributed by atoms with Gasteiger partial charge in [-0.15, -0.1) is 11.6 Å². The zero-order valence-corrected chi connectivity index (χ0v) is 10.00. The van der Waals surface area contributed by atoms with Gasteiger partial charge in [-0.2, -0.15) is 0 Å². The molecule has 0 aromatic carbocycles. The monoisotopic (exact) mass is 228 g/mol. The lowest BCUT2D eigenvalue weighted by Gasteiger charge is -2.24. The predicted octanol–water partition coefficient (Wildman–Crippen LogP) is 2.29. The smallest absolute Gasteiger partial charge is 0.0637 e. The Morgan fingerprint density at radius 3 is 2.93 bits per heavy atom. The van der Waals surface area contributed by atoms with Gasteiger partial charge in [0.05, 0.1) is 12.5 Å². The number of ether oxygens (including phenoxy) is 1. The van der Waals surface area contributed by atoms with Crippen molar-refractivity contribution >= 4 is 17.3 Å². The van der Waals surface area contributed by atoms with Crippen molar-refractivity contribution in [1.82, 2.24) is 4.98 Å². The molecule has 1 aromatic rings. The average Bonchev–Trinajstić information content (AvgIpc) is 2.30. The topological polar surface area (TPSA) is 25.4 Å². The van der Waals surface area contributed by atoms with E-state index in [0.29, 0.717) is 5.88 Å². The van der Waals surface area contributed by atoms with E-state index in [4.69, 9.17) is 16.3 Å². The van der Waals surface area contributed by atoms with E-state index in [0.717, 1.165) is 30.9 Å². The lowest BCUT2D eigenvalue weighted by Crippen LogP contribution is -2.27. The number of pyridine rings is 1. The zero-order chi connectivity index (χ0) is 11.1. The van der Waals surface area contributed by atoms with Crippen molar-refractivity contribution in [3.63, 3.8) is 0 Å². The van der Waals surface area contributed by atoms with Crippen LogP contribution in [0.5, 0.6) is 0 Å². The molecule has 0 unspecified atom stereocenters. The van der Waals surface area contributed by atoms with E-state index in [-0.39, 0.29) is 0 Å². The fourth-order valence-corrected chi connectivity index (χ4v) is 1.69. The van der Waals surface area contributed by atoms with Crippen LogP contribution in [0.15, 0.2) is 18.5 Å². The van der Waals surface area contributed by atoms with Crippen LogP contribution in [0.3, 0.4) is 0 Å². The van der Waals surface area contributed by atoms with Crippen LogP contribution in [0.2, 0.25) is 0 Å². The second-order valence-electron chi connectivity index (χ2n) is 3.21. The molecule has 0 aliphatic carbocycles. The summed E-state index contributed by atoms with van der Waals surface area (Å²) in [6.07, 6.45) is 3.61. The fourth-order valence-electron chi connectivity index (χ4n) is 1.48. The van der Waals surface area contributed by atoms with Gasteiger partial charge in [0, 0.05) is 43.8 Å². The molecule has 1 aromatic heterocycles. The molecular formula is C11H17ClN2O. The van der Waals surface area contributed by atoms with E-state index in [1.54, 1.807) is 13.3 Å². The molecule has 0 saturated carbocycles. The molecule has 0 spiro atoms. The van der Waals surface area contributed by atoms with Crippen LogP contribution in [0, 0.1) is 0 Å². The molecule has 0 aliphatic heterocycles. The highest BCUT2D eigenvalue weighted by atomic mass is 35.5. The summed E-state index contributed by atoms with van der Waals surface area (Å²) in [5.74, 6) is 0.493. The molecule has 0 radical (unpaired) electrons. The Kier molecular flexibility index (Phi) is 5.43. The summed E-state index contributed by atoms with van der Waals surface area (Å²) in [4.78, 5) is 6.31. The highest BCUT2D eigenvalue weighted by Crippen LogP contribution is 2.20. The van der Waals surface area contributed by atoms with Crippen molar-refractivity contribution in [3.8, 4) is 0 Å². The highest BCUT2D eigenvalue weighted by Gasteiger charge is 2.08. The maximum absolute atomic E-state index is 5.87. The van der Waals surface area contributed by atoms with Crippen molar-refractivity contribution < 1.29 is 4.74 Å². The largest absolute Gasteiger partial charge is 0.383 e. The van der Waals surface area contributed by atoms with E-state index >= 15 is 0 Å². The van der Waals surface area contributed by atoms with Gasteiger partial charge in [-0.1, -0.05) is 0 Å². The molecule has 0 fully saturated rings. The third-order valence-electron chi connectivity index (χ3n) is 2.31. The van der Waals surface area contributed by atoms with Gasteiger partial charge in [0.1, 0.15) is 0 Å². The molecular weight excluding hydrogens is 212 g/mol. The molecule has 15 heavy (non-hydrogen) atoms. The molecule has 0 aliphatic rings. The number of likely N-dealkylation sites (N-methyl/N-ethyl adjacent to an activating group) is 1. The number of nitrogens with zero attached hydrogens (tertiary/aromatic N) is 2. The number of hydrogen-bond donors (Lipinski definition) is 0. The summed E-state index contributed by atoms with van der Waals surface area (Å²) in [5.41, 5.74) is 2.22. The predicted molar refractivity (Wildman–Crippen MR) is 63.6 cm³/mol. The molecule has 84 valence electrons. The van der Waals surface area contributed by atoms with Crippen molar-refractivity contribution in [2.75, 3.05) is 31.7 Å². The summed E-state index contributed by atoms with van der Waals surface area (Å²) in [6.45, 7) is 4.66.